The second-order valence-electron chi connectivity index (χ2n) is 6.46. The van der Waals surface area contributed by atoms with E-state index in [4.69, 9.17) is 11.6 Å². The smallest absolute Gasteiger partial charge is 0.229 e. The molecule has 0 aliphatic carbocycles. The Morgan fingerprint density at radius 3 is 3.08 bits per heavy atom. The van der Waals surface area contributed by atoms with E-state index in [9.17, 15) is 4.79 Å². The molecule has 0 spiro atoms. The van der Waals surface area contributed by atoms with Crippen LogP contribution in [0.15, 0.2) is 24.4 Å². The maximum atomic E-state index is 12.4. The molecule has 0 unspecified atom stereocenters. The first kappa shape index (κ1) is 17.4. The molecule has 1 fully saturated rings. The van der Waals surface area contributed by atoms with Crippen molar-refractivity contribution in [3.8, 4) is 0 Å². The number of thiazole rings is 1. The third-order valence-electron chi connectivity index (χ3n) is 4.39. The molecule has 2 aromatic rings. The minimum Gasteiger partial charge on any atom is -0.314 e. The van der Waals surface area contributed by atoms with Crippen molar-refractivity contribution in [3.63, 3.8) is 0 Å². The second-order valence-corrected chi connectivity index (χ2v) is 7.98. The van der Waals surface area contributed by atoms with E-state index in [0.717, 1.165) is 46.8 Å². The molecule has 2 heterocycles. The lowest BCUT2D eigenvalue weighted by atomic mass is 9.93. The molecule has 0 saturated carbocycles. The van der Waals surface area contributed by atoms with Gasteiger partial charge in [-0.1, -0.05) is 23.7 Å². The quantitative estimate of drug-likeness (QED) is 0.862. The van der Waals surface area contributed by atoms with Crippen molar-refractivity contribution < 1.29 is 4.79 Å². The molecule has 1 aliphatic rings. The molecule has 1 amide bonds. The zero-order chi connectivity index (χ0) is 17.1. The molecule has 2 N–H and O–H groups in total. The van der Waals surface area contributed by atoms with E-state index in [-0.39, 0.29) is 11.8 Å². The number of nitrogens with zero attached hydrogens (tertiary/aromatic N) is 1. The summed E-state index contributed by atoms with van der Waals surface area (Å²) in [6.07, 6.45) is 4.37. The highest BCUT2D eigenvalue weighted by Crippen LogP contribution is 2.25. The third-order valence-corrected chi connectivity index (χ3v) is 5.71. The second kappa shape index (κ2) is 7.64. The number of benzene rings is 1. The molecule has 3 rings (SSSR count). The molecule has 1 aromatic carbocycles. The van der Waals surface area contributed by atoms with Crippen molar-refractivity contribution in [1.29, 1.82) is 0 Å². The Kier molecular flexibility index (Phi) is 5.54. The summed E-state index contributed by atoms with van der Waals surface area (Å²) in [6, 6.07) is 6.49. The van der Waals surface area contributed by atoms with Crippen LogP contribution >= 0.6 is 22.9 Å². The molecule has 6 heteroatoms. The van der Waals surface area contributed by atoms with Crippen LogP contribution in [0.2, 0.25) is 5.02 Å². The molecular weight excluding hydrogens is 342 g/mol. The van der Waals surface area contributed by atoms with Gasteiger partial charge in [0.05, 0.1) is 0 Å². The van der Waals surface area contributed by atoms with E-state index in [0.29, 0.717) is 11.2 Å². The summed E-state index contributed by atoms with van der Waals surface area (Å²) in [5, 5.41) is 7.80. The predicted octanol–water partition coefficient (Wildman–Crippen LogP) is 4.02. The molecule has 128 valence electrons. The lowest BCUT2D eigenvalue weighted by molar-refractivity contribution is -0.120. The standard InChI is InChI=1S/C18H22ClN3OS/c1-11-3-4-13(9-16(11)19)8-15-10-21-18(24-15)22-17(23)14-5-6-20-12(2)7-14/h3-4,9-10,12,14,20H,5-8H2,1-2H3,(H,21,22,23)/t12-,14-/m0/s1. The van der Waals surface area contributed by atoms with Gasteiger partial charge in [-0.25, -0.2) is 4.98 Å². The van der Waals surface area contributed by atoms with E-state index in [1.165, 1.54) is 11.3 Å². The maximum absolute atomic E-state index is 12.4. The number of carbonyl (C=O) groups excluding carboxylic acids is 1. The van der Waals surface area contributed by atoms with Gasteiger partial charge < -0.3 is 10.6 Å². The monoisotopic (exact) mass is 363 g/mol. The summed E-state index contributed by atoms with van der Waals surface area (Å²) in [4.78, 5) is 17.8. The number of amides is 1. The van der Waals surface area contributed by atoms with Gasteiger partial charge in [-0.15, -0.1) is 11.3 Å². The summed E-state index contributed by atoms with van der Waals surface area (Å²) in [6.45, 7) is 5.01. The van der Waals surface area contributed by atoms with Crippen LogP contribution < -0.4 is 10.6 Å². The fourth-order valence-corrected chi connectivity index (χ4v) is 4.02. The number of anilines is 1. The number of aryl methyl sites for hydroxylation is 1. The Balaban J connectivity index is 1.60. The molecule has 2 atom stereocenters. The van der Waals surface area contributed by atoms with E-state index < -0.39 is 0 Å². The van der Waals surface area contributed by atoms with Crippen LogP contribution in [0.4, 0.5) is 5.13 Å². The molecule has 0 radical (unpaired) electrons. The summed E-state index contributed by atoms with van der Waals surface area (Å²) >= 11 is 7.71. The van der Waals surface area contributed by atoms with Crippen LogP contribution in [-0.4, -0.2) is 23.5 Å². The number of aromatic nitrogens is 1. The van der Waals surface area contributed by atoms with Gasteiger partial charge >= 0.3 is 0 Å². The van der Waals surface area contributed by atoms with E-state index >= 15 is 0 Å². The van der Waals surface area contributed by atoms with E-state index in [1.807, 2.05) is 25.3 Å². The SMILES string of the molecule is Cc1ccc(Cc2cnc(NC(=O)[C@H]3CCN[C@@H](C)C3)s2)cc1Cl. The average Bonchev–Trinajstić information content (AvgIpc) is 2.98. The summed E-state index contributed by atoms with van der Waals surface area (Å²) in [7, 11) is 0. The highest BCUT2D eigenvalue weighted by molar-refractivity contribution is 7.15. The molecule has 24 heavy (non-hydrogen) atoms. The van der Waals surface area contributed by atoms with Gasteiger partial charge in [0.1, 0.15) is 0 Å². The fourth-order valence-electron chi connectivity index (χ4n) is 2.97. The predicted molar refractivity (Wildman–Crippen MR) is 99.9 cm³/mol. The van der Waals surface area contributed by atoms with Gasteiger partial charge in [-0.05, 0) is 50.4 Å². The average molecular weight is 364 g/mol. The normalized spacial score (nSPS) is 20.8. The van der Waals surface area contributed by atoms with E-state index in [2.05, 4.69) is 28.6 Å². The van der Waals surface area contributed by atoms with Gasteiger partial charge in [0.15, 0.2) is 5.13 Å². The topological polar surface area (TPSA) is 54.0 Å². The van der Waals surface area contributed by atoms with Crippen molar-refractivity contribution in [2.45, 2.75) is 39.2 Å². The summed E-state index contributed by atoms with van der Waals surface area (Å²) in [5.41, 5.74) is 2.23. The van der Waals surface area contributed by atoms with Crippen LogP contribution in [0.5, 0.6) is 0 Å². The third kappa shape index (κ3) is 4.35. The number of nitrogens with one attached hydrogen (secondary N) is 2. The van der Waals surface area contributed by atoms with Crippen LogP contribution in [0.25, 0.3) is 0 Å². The number of piperidine rings is 1. The number of hydrogen-bond donors (Lipinski definition) is 2. The van der Waals surface area contributed by atoms with Crippen LogP contribution in [0.1, 0.15) is 35.8 Å². The van der Waals surface area contributed by atoms with Crippen molar-refractivity contribution in [2.24, 2.45) is 5.92 Å². The first-order chi connectivity index (χ1) is 11.5. The lowest BCUT2D eigenvalue weighted by Crippen LogP contribution is -2.40. The summed E-state index contributed by atoms with van der Waals surface area (Å²) in [5.74, 6) is 0.159. The van der Waals surface area contributed by atoms with Crippen LogP contribution in [0, 0.1) is 12.8 Å². The Morgan fingerprint density at radius 2 is 2.33 bits per heavy atom. The number of carbonyl (C=O) groups is 1. The van der Waals surface area contributed by atoms with E-state index in [1.54, 1.807) is 0 Å². The fraction of sp³-hybridized carbons (Fsp3) is 0.444. The van der Waals surface area contributed by atoms with Crippen molar-refractivity contribution in [1.82, 2.24) is 10.3 Å². The molecule has 1 saturated heterocycles. The lowest BCUT2D eigenvalue weighted by Gasteiger charge is -2.26. The van der Waals surface area contributed by atoms with Crippen molar-refractivity contribution in [2.75, 3.05) is 11.9 Å². The molecule has 1 aliphatic heterocycles. The van der Waals surface area contributed by atoms with Gasteiger partial charge in [-0.3, -0.25) is 4.79 Å². The first-order valence-corrected chi connectivity index (χ1v) is 9.44. The zero-order valence-electron chi connectivity index (χ0n) is 13.9. The highest BCUT2D eigenvalue weighted by Gasteiger charge is 2.25. The minimum absolute atomic E-state index is 0.0736. The largest absolute Gasteiger partial charge is 0.314 e. The number of halogens is 1. The zero-order valence-corrected chi connectivity index (χ0v) is 15.5. The van der Waals surface area contributed by atoms with Gasteiger partial charge in [0, 0.05) is 34.5 Å². The number of rotatable bonds is 4. The molecule has 0 bridgehead atoms. The minimum atomic E-state index is 0.0736. The first-order valence-electron chi connectivity index (χ1n) is 8.25. The Hall–Kier alpha value is -1.43. The highest BCUT2D eigenvalue weighted by atomic mass is 35.5. The number of hydrogen-bond acceptors (Lipinski definition) is 4. The Bertz CT molecular complexity index is 731. The van der Waals surface area contributed by atoms with Crippen LogP contribution in [0.3, 0.4) is 0 Å². The van der Waals surface area contributed by atoms with Gasteiger partial charge in [0.25, 0.3) is 0 Å². The molecule has 1 aromatic heterocycles. The van der Waals surface area contributed by atoms with Crippen molar-refractivity contribution >= 4 is 34.0 Å². The molecule has 4 nitrogen and oxygen atoms in total. The van der Waals surface area contributed by atoms with Crippen molar-refractivity contribution in [3.05, 3.63) is 45.4 Å². The Morgan fingerprint density at radius 1 is 1.50 bits per heavy atom. The van der Waals surface area contributed by atoms with Gasteiger partial charge in [-0.2, -0.15) is 0 Å². The van der Waals surface area contributed by atoms with Gasteiger partial charge in [0.2, 0.25) is 5.91 Å². The molecular formula is C18H22ClN3OS. The van der Waals surface area contributed by atoms with Crippen LogP contribution in [-0.2, 0) is 11.2 Å². The maximum Gasteiger partial charge on any atom is 0.229 e. The summed E-state index contributed by atoms with van der Waals surface area (Å²) < 4.78 is 0. The Labute approximate surface area is 151 Å².